The fourth-order valence-corrected chi connectivity index (χ4v) is 1.32. The minimum Gasteiger partial charge on any atom is -0.274 e. The van der Waals surface area contributed by atoms with Crippen LogP contribution in [0.25, 0.3) is 0 Å². The summed E-state index contributed by atoms with van der Waals surface area (Å²) in [6, 6.07) is 0. The van der Waals surface area contributed by atoms with Crippen LogP contribution in [0.1, 0.15) is 25.8 Å². The zero-order valence-electron chi connectivity index (χ0n) is 8.26. The molecule has 0 spiro atoms. The molecular weight excluding hydrogens is 187 g/mol. The summed E-state index contributed by atoms with van der Waals surface area (Å²) in [5, 5.41) is 0. The molecule has 5 heteroatoms. The van der Waals surface area contributed by atoms with Crippen LogP contribution in [0.2, 0.25) is 0 Å². The molecular formula is C9H13FN2O2. The molecule has 0 amide bonds. The van der Waals surface area contributed by atoms with Gasteiger partial charge >= 0.3 is 5.69 Å². The SMILES string of the molecule is CCCn1c(F)c(CC)c(=O)[nH]c1=O. The number of halogens is 1. The lowest BCUT2D eigenvalue weighted by Crippen LogP contribution is -2.35. The summed E-state index contributed by atoms with van der Waals surface area (Å²) in [6.07, 6.45) is 0.928. The van der Waals surface area contributed by atoms with Crippen molar-refractivity contribution in [2.75, 3.05) is 0 Å². The predicted molar refractivity (Wildman–Crippen MR) is 50.9 cm³/mol. The highest BCUT2D eigenvalue weighted by Crippen LogP contribution is 2.00. The molecule has 0 saturated carbocycles. The topological polar surface area (TPSA) is 54.9 Å². The quantitative estimate of drug-likeness (QED) is 0.728. The van der Waals surface area contributed by atoms with Gasteiger partial charge in [0.15, 0.2) is 0 Å². The summed E-state index contributed by atoms with van der Waals surface area (Å²) in [4.78, 5) is 24.4. The van der Waals surface area contributed by atoms with E-state index in [-0.39, 0.29) is 18.5 Å². The minimum atomic E-state index is -0.705. The van der Waals surface area contributed by atoms with Crippen molar-refractivity contribution in [2.45, 2.75) is 33.2 Å². The fraction of sp³-hybridized carbons (Fsp3) is 0.556. The van der Waals surface area contributed by atoms with Crippen LogP contribution in [-0.4, -0.2) is 9.55 Å². The van der Waals surface area contributed by atoms with Crippen LogP contribution in [0.15, 0.2) is 9.59 Å². The first-order valence-corrected chi connectivity index (χ1v) is 4.63. The molecule has 0 fully saturated rings. The first kappa shape index (κ1) is 10.7. The fourth-order valence-electron chi connectivity index (χ4n) is 1.32. The molecule has 1 N–H and O–H groups in total. The molecule has 0 unspecified atom stereocenters. The Morgan fingerprint density at radius 2 is 2.00 bits per heavy atom. The van der Waals surface area contributed by atoms with Crippen molar-refractivity contribution >= 4 is 0 Å². The number of aromatic nitrogens is 2. The van der Waals surface area contributed by atoms with Gasteiger partial charge in [0.1, 0.15) is 0 Å². The van der Waals surface area contributed by atoms with Gasteiger partial charge in [-0.1, -0.05) is 13.8 Å². The smallest absolute Gasteiger partial charge is 0.274 e. The van der Waals surface area contributed by atoms with Crippen LogP contribution in [0.3, 0.4) is 0 Å². The maximum absolute atomic E-state index is 13.5. The second kappa shape index (κ2) is 4.21. The molecule has 0 aliphatic carbocycles. The summed E-state index contributed by atoms with van der Waals surface area (Å²) in [5.41, 5.74) is -1.26. The highest BCUT2D eigenvalue weighted by molar-refractivity contribution is 5.06. The van der Waals surface area contributed by atoms with Gasteiger partial charge in [-0.05, 0) is 12.8 Å². The molecule has 0 aliphatic heterocycles. The second-order valence-electron chi connectivity index (χ2n) is 3.03. The Morgan fingerprint density at radius 1 is 1.36 bits per heavy atom. The standard InChI is InChI=1S/C9H13FN2O2/c1-3-5-12-7(10)6(4-2)8(13)11-9(12)14/h3-5H2,1-2H3,(H,11,13,14). The van der Waals surface area contributed by atoms with Crippen molar-refractivity contribution < 1.29 is 4.39 Å². The third kappa shape index (κ3) is 1.76. The van der Waals surface area contributed by atoms with Crippen LogP contribution in [-0.2, 0) is 13.0 Å². The Kier molecular flexibility index (Phi) is 3.22. The Morgan fingerprint density at radius 3 is 2.50 bits per heavy atom. The zero-order chi connectivity index (χ0) is 10.7. The van der Waals surface area contributed by atoms with E-state index in [4.69, 9.17) is 0 Å². The van der Waals surface area contributed by atoms with Gasteiger partial charge in [-0.15, -0.1) is 0 Å². The lowest BCUT2D eigenvalue weighted by molar-refractivity contribution is 0.447. The van der Waals surface area contributed by atoms with Gasteiger partial charge in [0.05, 0.1) is 5.56 Å². The van der Waals surface area contributed by atoms with Gasteiger partial charge in [-0.25, -0.2) is 4.79 Å². The van der Waals surface area contributed by atoms with Gasteiger partial charge in [-0.3, -0.25) is 14.3 Å². The lowest BCUT2D eigenvalue weighted by Gasteiger charge is -2.07. The van der Waals surface area contributed by atoms with Crippen LogP contribution in [0, 0.1) is 5.95 Å². The molecule has 78 valence electrons. The number of aromatic amines is 1. The van der Waals surface area contributed by atoms with E-state index in [0.717, 1.165) is 4.57 Å². The molecule has 0 radical (unpaired) electrons. The number of rotatable bonds is 3. The molecule has 14 heavy (non-hydrogen) atoms. The number of hydrogen-bond acceptors (Lipinski definition) is 2. The van der Waals surface area contributed by atoms with Crippen LogP contribution in [0.5, 0.6) is 0 Å². The summed E-state index contributed by atoms with van der Waals surface area (Å²) < 4.78 is 14.5. The zero-order valence-corrected chi connectivity index (χ0v) is 8.26. The Balaban J connectivity index is 3.44. The predicted octanol–water partition coefficient (Wildman–Crippen LogP) is 0.648. The van der Waals surface area contributed by atoms with Crippen molar-refractivity contribution in [1.29, 1.82) is 0 Å². The molecule has 1 aromatic rings. The number of H-pyrrole nitrogens is 1. The van der Waals surface area contributed by atoms with E-state index in [2.05, 4.69) is 4.98 Å². The monoisotopic (exact) mass is 200 g/mol. The Labute approximate surface area is 80.4 Å². The maximum atomic E-state index is 13.5. The van der Waals surface area contributed by atoms with Crippen molar-refractivity contribution in [3.05, 3.63) is 32.3 Å². The molecule has 0 saturated heterocycles. The van der Waals surface area contributed by atoms with Gasteiger partial charge < -0.3 is 0 Å². The third-order valence-electron chi connectivity index (χ3n) is 2.03. The Hall–Kier alpha value is -1.39. The summed E-state index contributed by atoms with van der Waals surface area (Å²) >= 11 is 0. The average molecular weight is 200 g/mol. The molecule has 1 rings (SSSR count). The number of hydrogen-bond donors (Lipinski definition) is 1. The normalized spacial score (nSPS) is 10.5. The molecule has 0 atom stereocenters. The molecule has 0 aliphatic rings. The number of nitrogens with zero attached hydrogens (tertiary/aromatic N) is 1. The molecule has 0 aromatic carbocycles. The molecule has 0 bridgehead atoms. The second-order valence-corrected chi connectivity index (χ2v) is 3.03. The van der Waals surface area contributed by atoms with E-state index in [1.165, 1.54) is 0 Å². The average Bonchev–Trinajstić information content (AvgIpc) is 2.12. The van der Waals surface area contributed by atoms with E-state index < -0.39 is 17.2 Å². The van der Waals surface area contributed by atoms with Gasteiger partial charge in [0.25, 0.3) is 5.56 Å². The Bertz CT molecular complexity index is 433. The van der Waals surface area contributed by atoms with Crippen molar-refractivity contribution in [3.63, 3.8) is 0 Å². The highest BCUT2D eigenvalue weighted by atomic mass is 19.1. The van der Waals surface area contributed by atoms with Crippen LogP contribution in [0.4, 0.5) is 4.39 Å². The van der Waals surface area contributed by atoms with Crippen LogP contribution >= 0.6 is 0 Å². The van der Waals surface area contributed by atoms with Gasteiger partial charge in [0, 0.05) is 6.54 Å². The summed E-state index contributed by atoms with van der Waals surface area (Å²) in [6.45, 7) is 3.80. The summed E-state index contributed by atoms with van der Waals surface area (Å²) in [7, 11) is 0. The van der Waals surface area contributed by atoms with E-state index in [9.17, 15) is 14.0 Å². The molecule has 4 nitrogen and oxygen atoms in total. The first-order chi connectivity index (χ1) is 6.61. The highest BCUT2D eigenvalue weighted by Gasteiger charge is 2.11. The van der Waals surface area contributed by atoms with Crippen LogP contribution < -0.4 is 11.2 Å². The first-order valence-electron chi connectivity index (χ1n) is 4.63. The van der Waals surface area contributed by atoms with Crippen molar-refractivity contribution in [1.82, 2.24) is 9.55 Å². The number of nitrogens with one attached hydrogen (secondary N) is 1. The molecule has 1 heterocycles. The van der Waals surface area contributed by atoms with E-state index >= 15 is 0 Å². The van der Waals surface area contributed by atoms with Gasteiger partial charge in [-0.2, -0.15) is 4.39 Å². The van der Waals surface area contributed by atoms with Gasteiger partial charge in [0.2, 0.25) is 5.95 Å². The molecule has 1 aromatic heterocycles. The summed E-state index contributed by atoms with van der Waals surface area (Å²) in [5.74, 6) is -0.705. The largest absolute Gasteiger partial charge is 0.330 e. The van der Waals surface area contributed by atoms with E-state index in [0.29, 0.717) is 6.42 Å². The third-order valence-corrected chi connectivity index (χ3v) is 2.03. The van der Waals surface area contributed by atoms with E-state index in [1.807, 2.05) is 6.92 Å². The lowest BCUT2D eigenvalue weighted by atomic mass is 10.2. The van der Waals surface area contributed by atoms with E-state index in [1.54, 1.807) is 6.92 Å². The minimum absolute atomic E-state index is 0.0399. The maximum Gasteiger partial charge on any atom is 0.330 e. The van der Waals surface area contributed by atoms with Crippen molar-refractivity contribution in [2.24, 2.45) is 0 Å². The van der Waals surface area contributed by atoms with Crippen molar-refractivity contribution in [3.8, 4) is 0 Å².